The van der Waals surface area contributed by atoms with Crippen molar-refractivity contribution in [2.75, 3.05) is 7.11 Å². The number of fused-ring (bicyclic) bond motifs is 2. The molecule has 0 fully saturated rings. The third-order valence-corrected chi connectivity index (χ3v) is 6.59. The van der Waals surface area contributed by atoms with Gasteiger partial charge in [0, 0.05) is 23.7 Å². The van der Waals surface area contributed by atoms with E-state index in [1.54, 1.807) is 7.11 Å². The lowest BCUT2D eigenvalue weighted by atomic mass is 9.86. The van der Waals surface area contributed by atoms with Crippen LogP contribution in [0.2, 0.25) is 0 Å². The molecule has 1 aromatic carbocycles. The smallest absolute Gasteiger partial charge is 0.146 e. The molecule has 2 bridgehead atoms. The largest absolute Gasteiger partial charge is 0.494 e. The van der Waals surface area contributed by atoms with E-state index in [1.165, 1.54) is 54.6 Å². The second kappa shape index (κ2) is 9.47. The van der Waals surface area contributed by atoms with Crippen LogP contribution in [0.3, 0.4) is 0 Å². The van der Waals surface area contributed by atoms with Gasteiger partial charge < -0.3 is 14.7 Å². The van der Waals surface area contributed by atoms with E-state index in [4.69, 9.17) is 9.73 Å². The van der Waals surface area contributed by atoms with Crippen molar-refractivity contribution >= 4 is 11.8 Å². The first-order valence-electron chi connectivity index (χ1n) is 11.8. The molecule has 2 aliphatic rings. The van der Waals surface area contributed by atoms with Gasteiger partial charge in [-0.15, -0.1) is 0 Å². The van der Waals surface area contributed by atoms with Gasteiger partial charge in [-0.25, -0.2) is 4.99 Å². The van der Waals surface area contributed by atoms with E-state index in [2.05, 4.69) is 52.4 Å². The molecule has 164 valence electrons. The van der Waals surface area contributed by atoms with Crippen LogP contribution in [-0.2, 0) is 17.6 Å². The monoisotopic (exact) mass is 425 g/mol. The maximum atomic E-state index is 5.68. The number of benzene rings is 1. The summed E-state index contributed by atoms with van der Waals surface area (Å²) in [6.07, 6.45) is 14.7. The SMILES string of the molecule is COC1=CC(c2ccc[nH]2)=N/C1=C/c1[nH]c2cc1C(Cc1ccccc1)CCCCCC2. The summed E-state index contributed by atoms with van der Waals surface area (Å²) in [4.78, 5) is 11.9. The standard InChI is InChI=1S/C28H31N3O/c1-32-28-19-26(24-14-9-15-29-24)31-27(28)18-25-23-17-22(30-25)13-8-3-2-7-12-21(23)16-20-10-5-4-6-11-20/h4-6,9-11,14-15,17-19,21,29-30H,2-3,7-8,12-13,16H2,1H3/b27-18+. The van der Waals surface area contributed by atoms with E-state index >= 15 is 0 Å². The molecular weight excluding hydrogens is 394 g/mol. The molecule has 0 spiro atoms. The molecule has 0 saturated carbocycles. The average molecular weight is 426 g/mol. The van der Waals surface area contributed by atoms with Crippen LogP contribution in [0.4, 0.5) is 0 Å². The molecule has 32 heavy (non-hydrogen) atoms. The molecule has 0 amide bonds. The summed E-state index contributed by atoms with van der Waals surface area (Å²) < 4.78 is 5.68. The summed E-state index contributed by atoms with van der Waals surface area (Å²) in [5.74, 6) is 1.30. The van der Waals surface area contributed by atoms with Crippen LogP contribution >= 0.6 is 0 Å². The minimum Gasteiger partial charge on any atom is -0.494 e. The van der Waals surface area contributed by atoms with Crippen LogP contribution in [0.5, 0.6) is 0 Å². The predicted molar refractivity (Wildman–Crippen MR) is 131 cm³/mol. The van der Waals surface area contributed by atoms with Gasteiger partial charge >= 0.3 is 0 Å². The quantitative estimate of drug-likeness (QED) is 0.478. The molecule has 4 nitrogen and oxygen atoms in total. The molecule has 2 aromatic heterocycles. The number of methoxy groups -OCH3 is 1. The van der Waals surface area contributed by atoms with Crippen LogP contribution in [0.25, 0.3) is 6.08 Å². The highest BCUT2D eigenvalue weighted by Gasteiger charge is 2.22. The number of nitrogens with zero attached hydrogens (tertiary/aromatic N) is 1. The molecule has 5 rings (SSSR count). The van der Waals surface area contributed by atoms with Crippen LogP contribution in [0, 0.1) is 0 Å². The zero-order chi connectivity index (χ0) is 21.8. The zero-order valence-electron chi connectivity index (χ0n) is 18.7. The number of allylic oxidation sites excluding steroid dienone is 1. The van der Waals surface area contributed by atoms with Gasteiger partial charge in [0.25, 0.3) is 0 Å². The molecule has 0 radical (unpaired) electrons. The Balaban J connectivity index is 1.52. The van der Waals surface area contributed by atoms with Crippen molar-refractivity contribution in [2.24, 2.45) is 4.99 Å². The van der Waals surface area contributed by atoms with Crippen molar-refractivity contribution in [3.05, 3.63) is 100 Å². The van der Waals surface area contributed by atoms with Crippen molar-refractivity contribution < 1.29 is 4.74 Å². The lowest BCUT2D eigenvalue weighted by molar-refractivity contribution is 0.303. The molecular formula is C28H31N3O. The van der Waals surface area contributed by atoms with Crippen molar-refractivity contribution in [1.82, 2.24) is 9.97 Å². The first-order chi connectivity index (χ1) is 15.8. The van der Waals surface area contributed by atoms with E-state index in [0.29, 0.717) is 5.92 Å². The van der Waals surface area contributed by atoms with Gasteiger partial charge in [0.05, 0.1) is 18.5 Å². The topological polar surface area (TPSA) is 53.2 Å². The molecule has 1 aliphatic carbocycles. The molecule has 1 atom stereocenters. The molecule has 2 N–H and O–H groups in total. The van der Waals surface area contributed by atoms with Crippen molar-refractivity contribution in [2.45, 2.75) is 50.9 Å². The van der Waals surface area contributed by atoms with Crippen molar-refractivity contribution in [3.8, 4) is 0 Å². The molecule has 3 aromatic rings. The normalized spacial score (nSPS) is 20.2. The second-order valence-electron chi connectivity index (χ2n) is 8.83. The van der Waals surface area contributed by atoms with E-state index in [0.717, 1.165) is 35.7 Å². The number of aliphatic imine (C=N–C) groups is 1. The Bertz CT molecular complexity index is 1130. The fraction of sp³-hybridized carbons (Fsp3) is 0.321. The van der Waals surface area contributed by atoms with E-state index in [1.807, 2.05) is 24.4 Å². The van der Waals surface area contributed by atoms with Crippen LogP contribution in [0.1, 0.15) is 66.2 Å². The number of nitrogens with one attached hydrogen (secondary N) is 2. The Hall–Kier alpha value is -3.27. The summed E-state index contributed by atoms with van der Waals surface area (Å²) in [5, 5.41) is 0. The lowest BCUT2D eigenvalue weighted by Crippen LogP contribution is -2.05. The summed E-state index contributed by atoms with van der Waals surface area (Å²) in [7, 11) is 1.72. The molecule has 1 aliphatic heterocycles. The number of H-pyrrole nitrogens is 2. The summed E-state index contributed by atoms with van der Waals surface area (Å²) in [5.41, 5.74) is 8.12. The Labute approximate surface area is 190 Å². The molecule has 3 heterocycles. The first kappa shape index (κ1) is 20.6. The number of rotatable bonds is 5. The maximum absolute atomic E-state index is 5.68. The Morgan fingerprint density at radius 2 is 1.94 bits per heavy atom. The van der Waals surface area contributed by atoms with Gasteiger partial charge in [0.1, 0.15) is 11.5 Å². The lowest BCUT2D eigenvalue weighted by Gasteiger charge is -2.18. The van der Waals surface area contributed by atoms with Crippen molar-refractivity contribution in [3.63, 3.8) is 0 Å². The summed E-state index contributed by atoms with van der Waals surface area (Å²) >= 11 is 0. The fourth-order valence-corrected chi connectivity index (χ4v) is 4.91. The third kappa shape index (κ3) is 4.50. The van der Waals surface area contributed by atoms with Crippen LogP contribution in [-0.4, -0.2) is 22.8 Å². The van der Waals surface area contributed by atoms with Gasteiger partial charge in [0.15, 0.2) is 0 Å². The van der Waals surface area contributed by atoms with Gasteiger partial charge in [-0.1, -0.05) is 49.6 Å². The minimum atomic E-state index is 0.496. The van der Waals surface area contributed by atoms with Crippen molar-refractivity contribution in [1.29, 1.82) is 0 Å². The zero-order valence-corrected chi connectivity index (χ0v) is 18.7. The van der Waals surface area contributed by atoms with Gasteiger partial charge in [-0.3, -0.25) is 0 Å². The van der Waals surface area contributed by atoms with Gasteiger partial charge in [0.2, 0.25) is 0 Å². The molecule has 4 heteroatoms. The Kier molecular flexibility index (Phi) is 6.11. The van der Waals surface area contributed by atoms with Crippen LogP contribution in [0.15, 0.2) is 77.3 Å². The number of aromatic amines is 2. The molecule has 0 saturated heterocycles. The van der Waals surface area contributed by atoms with E-state index in [9.17, 15) is 0 Å². The highest BCUT2D eigenvalue weighted by molar-refractivity contribution is 6.11. The Morgan fingerprint density at radius 3 is 2.75 bits per heavy atom. The summed E-state index contributed by atoms with van der Waals surface area (Å²) in [6, 6.07) is 17.3. The van der Waals surface area contributed by atoms with Crippen LogP contribution < -0.4 is 0 Å². The fourth-order valence-electron chi connectivity index (χ4n) is 4.91. The number of hydrogen-bond donors (Lipinski definition) is 2. The van der Waals surface area contributed by atoms with Gasteiger partial charge in [-0.05, 0) is 67.0 Å². The number of aryl methyl sites for hydroxylation is 1. The predicted octanol–water partition coefficient (Wildman–Crippen LogP) is 6.55. The van der Waals surface area contributed by atoms with Gasteiger partial charge in [-0.2, -0.15) is 0 Å². The number of aromatic nitrogens is 2. The first-order valence-corrected chi connectivity index (χ1v) is 11.8. The second-order valence-corrected chi connectivity index (χ2v) is 8.83. The van der Waals surface area contributed by atoms with E-state index in [-0.39, 0.29) is 0 Å². The average Bonchev–Trinajstić information content (AvgIpc) is 3.56. The minimum absolute atomic E-state index is 0.496. The maximum Gasteiger partial charge on any atom is 0.146 e. The number of ether oxygens (including phenoxy) is 1. The number of hydrogen-bond acceptors (Lipinski definition) is 2. The summed E-state index contributed by atoms with van der Waals surface area (Å²) in [6.45, 7) is 0. The highest BCUT2D eigenvalue weighted by Crippen LogP contribution is 2.34. The highest BCUT2D eigenvalue weighted by atomic mass is 16.5. The molecule has 1 unspecified atom stereocenters. The third-order valence-electron chi connectivity index (χ3n) is 6.59. The Morgan fingerprint density at radius 1 is 1.06 bits per heavy atom. The van der Waals surface area contributed by atoms with E-state index < -0.39 is 0 Å².